The summed E-state index contributed by atoms with van der Waals surface area (Å²) in [5, 5.41) is 17.1. The zero-order valence-electron chi connectivity index (χ0n) is 8.40. The second-order valence-corrected chi connectivity index (χ2v) is 3.47. The van der Waals surface area contributed by atoms with Crippen LogP contribution in [-0.2, 0) is 0 Å². The average Bonchev–Trinajstić information content (AvgIpc) is 2.65. The summed E-state index contributed by atoms with van der Waals surface area (Å²) in [5.74, 6) is 1.32. The van der Waals surface area contributed by atoms with Crippen LogP contribution in [0, 0.1) is 28.7 Å². The lowest BCUT2D eigenvalue weighted by atomic mass is 10.1. The fourth-order valence-corrected chi connectivity index (χ4v) is 1.75. The molecule has 1 atom stereocenters. The zero-order chi connectivity index (χ0) is 10.4. The molecule has 1 rings (SSSR count). The largest absolute Gasteiger partial charge is 0.358 e. The van der Waals surface area contributed by atoms with Crippen LogP contribution in [0.1, 0.15) is 26.2 Å². The lowest BCUT2D eigenvalue weighted by Gasteiger charge is -2.17. The van der Waals surface area contributed by atoms with E-state index in [1.165, 1.54) is 0 Å². The van der Waals surface area contributed by atoms with Gasteiger partial charge in [-0.05, 0) is 12.3 Å². The molecule has 0 aromatic carbocycles. The highest BCUT2D eigenvalue weighted by Crippen LogP contribution is 2.19. The van der Waals surface area contributed by atoms with Gasteiger partial charge in [-0.1, -0.05) is 13.3 Å². The van der Waals surface area contributed by atoms with E-state index in [9.17, 15) is 0 Å². The molecule has 1 saturated heterocycles. The second kappa shape index (κ2) is 5.24. The number of likely N-dealkylation sites (tertiary alicyclic amines) is 1. The number of nitrogens with zero attached hydrogens (tertiary/aromatic N) is 4. The predicted molar refractivity (Wildman–Crippen MR) is 53.2 cm³/mol. The Kier molecular flexibility index (Phi) is 3.94. The Balaban J connectivity index is 2.60. The third-order valence-electron chi connectivity index (χ3n) is 2.64. The predicted octanol–water partition coefficient (Wildman–Crippen LogP) is 1.51. The van der Waals surface area contributed by atoms with Gasteiger partial charge in [0.05, 0.1) is 12.5 Å². The first-order valence-corrected chi connectivity index (χ1v) is 4.89. The number of nitriles is 2. The SMILES string of the molecule is CCC1CCN(/C(CC#N)=N/C#N)C1. The molecule has 0 aromatic rings. The van der Waals surface area contributed by atoms with Crippen LogP contribution in [0.25, 0.3) is 0 Å². The van der Waals surface area contributed by atoms with Crippen molar-refractivity contribution in [2.24, 2.45) is 10.9 Å². The van der Waals surface area contributed by atoms with E-state index < -0.39 is 0 Å². The van der Waals surface area contributed by atoms with Gasteiger partial charge in [-0.25, -0.2) is 0 Å². The van der Waals surface area contributed by atoms with Crippen LogP contribution in [0.4, 0.5) is 0 Å². The van der Waals surface area contributed by atoms with Gasteiger partial charge in [0.25, 0.3) is 0 Å². The molecule has 1 aliphatic rings. The van der Waals surface area contributed by atoms with Crippen molar-refractivity contribution < 1.29 is 0 Å². The molecule has 74 valence electrons. The average molecular weight is 190 g/mol. The number of hydrogen-bond acceptors (Lipinski definition) is 3. The third-order valence-corrected chi connectivity index (χ3v) is 2.64. The maximum Gasteiger partial charge on any atom is 0.207 e. The first-order chi connectivity index (χ1) is 6.81. The van der Waals surface area contributed by atoms with Crippen molar-refractivity contribution >= 4 is 5.84 Å². The van der Waals surface area contributed by atoms with Crippen LogP contribution in [0.15, 0.2) is 4.99 Å². The minimum absolute atomic E-state index is 0.240. The van der Waals surface area contributed by atoms with Gasteiger partial charge >= 0.3 is 0 Å². The molecule has 0 spiro atoms. The lowest BCUT2D eigenvalue weighted by Crippen LogP contribution is -2.28. The van der Waals surface area contributed by atoms with E-state index in [-0.39, 0.29) is 6.42 Å². The van der Waals surface area contributed by atoms with E-state index in [4.69, 9.17) is 10.5 Å². The summed E-state index contributed by atoms with van der Waals surface area (Å²) < 4.78 is 0. The van der Waals surface area contributed by atoms with Crippen molar-refractivity contribution in [1.29, 1.82) is 10.5 Å². The molecule has 1 aliphatic heterocycles. The van der Waals surface area contributed by atoms with Gasteiger partial charge in [0.15, 0.2) is 0 Å². The van der Waals surface area contributed by atoms with Crippen LogP contribution in [0.3, 0.4) is 0 Å². The molecule has 0 radical (unpaired) electrons. The molecule has 0 bridgehead atoms. The Bertz CT molecular complexity index is 294. The van der Waals surface area contributed by atoms with E-state index in [2.05, 4.69) is 16.8 Å². The summed E-state index contributed by atoms with van der Waals surface area (Å²) in [6.45, 7) is 4.04. The standard InChI is InChI=1S/C10H14N4/c1-2-9-4-6-14(7-9)10(3-5-11)13-8-12/h9H,2-4,6-7H2,1H3/b13-10+. The zero-order valence-corrected chi connectivity index (χ0v) is 8.40. The fourth-order valence-electron chi connectivity index (χ4n) is 1.75. The molecular weight excluding hydrogens is 176 g/mol. The Morgan fingerprint density at radius 2 is 2.36 bits per heavy atom. The van der Waals surface area contributed by atoms with Gasteiger partial charge in [0, 0.05) is 13.1 Å². The highest BCUT2D eigenvalue weighted by molar-refractivity contribution is 5.85. The monoisotopic (exact) mass is 190 g/mol. The molecular formula is C10H14N4. The molecule has 0 amide bonds. The molecule has 1 heterocycles. The Morgan fingerprint density at radius 3 is 2.86 bits per heavy atom. The molecule has 0 N–H and O–H groups in total. The minimum atomic E-state index is 0.240. The molecule has 0 aromatic heterocycles. The molecule has 1 fully saturated rings. The van der Waals surface area contributed by atoms with Crippen molar-refractivity contribution in [3.05, 3.63) is 0 Å². The smallest absolute Gasteiger partial charge is 0.207 e. The first kappa shape index (κ1) is 10.5. The lowest BCUT2D eigenvalue weighted by molar-refractivity contribution is 0.467. The van der Waals surface area contributed by atoms with Gasteiger partial charge in [0.2, 0.25) is 6.19 Å². The fraction of sp³-hybridized carbons (Fsp3) is 0.700. The van der Waals surface area contributed by atoms with Crippen LogP contribution in [0.5, 0.6) is 0 Å². The highest BCUT2D eigenvalue weighted by atomic mass is 15.2. The van der Waals surface area contributed by atoms with Crippen molar-refractivity contribution in [3.8, 4) is 12.3 Å². The van der Waals surface area contributed by atoms with Gasteiger partial charge in [0.1, 0.15) is 5.84 Å². The quantitative estimate of drug-likeness (QED) is 0.376. The Morgan fingerprint density at radius 1 is 1.57 bits per heavy atom. The summed E-state index contributed by atoms with van der Waals surface area (Å²) in [6.07, 6.45) is 4.30. The molecule has 0 aliphatic carbocycles. The van der Waals surface area contributed by atoms with E-state index in [1.807, 2.05) is 6.07 Å². The first-order valence-electron chi connectivity index (χ1n) is 4.89. The van der Waals surface area contributed by atoms with Gasteiger partial charge in [-0.15, -0.1) is 0 Å². The van der Waals surface area contributed by atoms with Gasteiger partial charge in [-0.2, -0.15) is 15.5 Å². The third kappa shape index (κ3) is 2.47. The molecule has 4 heteroatoms. The van der Waals surface area contributed by atoms with Crippen LogP contribution in [-0.4, -0.2) is 23.8 Å². The Labute approximate surface area is 84.5 Å². The number of hydrogen-bond donors (Lipinski definition) is 0. The topological polar surface area (TPSA) is 63.2 Å². The number of aliphatic imine (C=N–C) groups is 1. The second-order valence-electron chi connectivity index (χ2n) is 3.47. The summed E-state index contributed by atoms with van der Waals surface area (Å²) in [7, 11) is 0. The molecule has 4 nitrogen and oxygen atoms in total. The van der Waals surface area contributed by atoms with E-state index in [1.54, 1.807) is 6.19 Å². The summed E-state index contributed by atoms with van der Waals surface area (Å²) in [5.41, 5.74) is 0. The minimum Gasteiger partial charge on any atom is -0.358 e. The van der Waals surface area contributed by atoms with Gasteiger partial charge < -0.3 is 4.90 Å². The van der Waals surface area contributed by atoms with Crippen LogP contribution < -0.4 is 0 Å². The van der Waals surface area contributed by atoms with Crippen molar-refractivity contribution in [3.63, 3.8) is 0 Å². The summed E-state index contributed by atoms with van der Waals surface area (Å²) >= 11 is 0. The number of amidine groups is 1. The van der Waals surface area contributed by atoms with Crippen molar-refractivity contribution in [1.82, 2.24) is 4.90 Å². The maximum atomic E-state index is 8.58. The highest BCUT2D eigenvalue weighted by Gasteiger charge is 2.23. The van der Waals surface area contributed by atoms with Crippen molar-refractivity contribution in [2.75, 3.05) is 13.1 Å². The van der Waals surface area contributed by atoms with E-state index in [0.717, 1.165) is 25.9 Å². The van der Waals surface area contributed by atoms with Gasteiger partial charge in [-0.3, -0.25) is 0 Å². The molecule has 1 unspecified atom stereocenters. The van der Waals surface area contributed by atoms with Crippen LogP contribution >= 0.6 is 0 Å². The van der Waals surface area contributed by atoms with E-state index >= 15 is 0 Å². The van der Waals surface area contributed by atoms with Crippen molar-refractivity contribution in [2.45, 2.75) is 26.2 Å². The molecule has 14 heavy (non-hydrogen) atoms. The maximum absolute atomic E-state index is 8.58. The Hall–Kier alpha value is -1.55. The number of rotatable bonds is 2. The summed E-state index contributed by atoms with van der Waals surface area (Å²) in [4.78, 5) is 5.75. The summed E-state index contributed by atoms with van der Waals surface area (Å²) in [6, 6.07) is 2.04. The van der Waals surface area contributed by atoms with E-state index in [0.29, 0.717) is 11.8 Å². The molecule has 0 saturated carbocycles. The van der Waals surface area contributed by atoms with Crippen LogP contribution in [0.2, 0.25) is 0 Å². The normalized spacial score (nSPS) is 21.8.